The minimum absolute atomic E-state index is 0.0910. The molecule has 0 aromatic heterocycles. The molecule has 1 aliphatic carbocycles. The van der Waals surface area contributed by atoms with Gasteiger partial charge in [-0.25, -0.2) is 4.39 Å². The second kappa shape index (κ2) is 6.98. The van der Waals surface area contributed by atoms with Crippen molar-refractivity contribution in [2.75, 3.05) is 13.3 Å². The first-order chi connectivity index (χ1) is 11.5. The highest BCUT2D eigenvalue weighted by atomic mass is 32.2. The summed E-state index contributed by atoms with van der Waals surface area (Å²) in [4.78, 5) is 16.1. The van der Waals surface area contributed by atoms with Crippen LogP contribution in [0, 0.1) is 5.82 Å². The molecule has 2 nitrogen and oxygen atoms in total. The first-order valence-corrected chi connectivity index (χ1v) is 9.42. The lowest BCUT2D eigenvalue weighted by Gasteiger charge is -2.43. The number of nitrogens with zero attached hydrogens (tertiary/aromatic N) is 1. The molecule has 126 valence electrons. The van der Waals surface area contributed by atoms with Crippen LogP contribution >= 0.6 is 11.8 Å². The van der Waals surface area contributed by atoms with E-state index in [1.807, 2.05) is 19.4 Å². The number of hydrogen-bond acceptors (Lipinski definition) is 2. The van der Waals surface area contributed by atoms with E-state index in [1.54, 1.807) is 22.7 Å². The number of benzene rings is 2. The molecule has 0 unspecified atom stereocenters. The maximum Gasteiger partial charge on any atom is 0.233 e. The van der Waals surface area contributed by atoms with Crippen LogP contribution in [0.3, 0.4) is 0 Å². The maximum absolute atomic E-state index is 13.6. The molecule has 0 spiro atoms. The molecule has 0 radical (unpaired) electrons. The summed E-state index contributed by atoms with van der Waals surface area (Å²) in [5, 5.41) is 0. The Labute approximate surface area is 147 Å². The summed E-state index contributed by atoms with van der Waals surface area (Å²) in [6.07, 6.45) is 4.65. The second-order valence-corrected chi connectivity index (χ2v) is 7.33. The fourth-order valence-corrected chi connectivity index (χ4v) is 3.79. The summed E-state index contributed by atoms with van der Waals surface area (Å²) in [5.74, 6) is -0.185. The van der Waals surface area contributed by atoms with E-state index in [2.05, 4.69) is 24.3 Å². The zero-order valence-electron chi connectivity index (χ0n) is 14.1. The van der Waals surface area contributed by atoms with Gasteiger partial charge < -0.3 is 4.90 Å². The van der Waals surface area contributed by atoms with Crippen molar-refractivity contribution in [3.63, 3.8) is 0 Å². The highest BCUT2D eigenvalue weighted by Crippen LogP contribution is 2.45. The van der Waals surface area contributed by atoms with E-state index in [1.165, 1.54) is 17.0 Å². The predicted molar refractivity (Wildman–Crippen MR) is 96.6 cm³/mol. The standard InChI is InChI=1S/C20H22FNOS/c1-22(14-15-7-9-18(24-2)10-8-15)19(23)20(11-4-12-20)16-5-3-6-17(21)13-16/h3,5-10,13H,4,11-12,14H2,1-2H3. The number of amides is 1. The number of rotatable bonds is 5. The third-order valence-electron chi connectivity index (χ3n) is 4.92. The van der Waals surface area contributed by atoms with Gasteiger partial charge in [-0.3, -0.25) is 4.79 Å². The molecular weight excluding hydrogens is 321 g/mol. The van der Waals surface area contributed by atoms with Gasteiger partial charge in [0, 0.05) is 18.5 Å². The summed E-state index contributed by atoms with van der Waals surface area (Å²) in [5.41, 5.74) is 1.37. The molecule has 1 amide bonds. The maximum atomic E-state index is 13.6. The van der Waals surface area contributed by atoms with Crippen molar-refractivity contribution in [3.8, 4) is 0 Å². The first-order valence-electron chi connectivity index (χ1n) is 8.20. The molecular formula is C20H22FNOS. The zero-order chi connectivity index (χ0) is 17.2. The van der Waals surface area contributed by atoms with Crippen LogP contribution in [0.5, 0.6) is 0 Å². The van der Waals surface area contributed by atoms with Crippen LogP contribution in [0.1, 0.15) is 30.4 Å². The SMILES string of the molecule is CSc1ccc(CN(C)C(=O)C2(c3cccc(F)c3)CCC2)cc1. The van der Waals surface area contributed by atoms with Crippen molar-refractivity contribution in [2.24, 2.45) is 0 Å². The normalized spacial score (nSPS) is 15.6. The third kappa shape index (κ3) is 3.20. The molecule has 0 aliphatic heterocycles. The Morgan fingerprint density at radius 2 is 1.92 bits per heavy atom. The van der Waals surface area contributed by atoms with Crippen LogP contribution < -0.4 is 0 Å². The average molecular weight is 343 g/mol. The van der Waals surface area contributed by atoms with Crippen molar-refractivity contribution >= 4 is 17.7 Å². The van der Waals surface area contributed by atoms with E-state index in [4.69, 9.17) is 0 Å². The van der Waals surface area contributed by atoms with Gasteiger partial charge in [-0.2, -0.15) is 0 Å². The molecule has 24 heavy (non-hydrogen) atoms. The fraction of sp³-hybridized carbons (Fsp3) is 0.350. The average Bonchev–Trinajstić information content (AvgIpc) is 2.54. The molecule has 2 aromatic carbocycles. The van der Waals surface area contributed by atoms with Crippen LogP contribution in [-0.4, -0.2) is 24.1 Å². The second-order valence-electron chi connectivity index (χ2n) is 6.46. The molecule has 0 saturated heterocycles. The molecule has 1 fully saturated rings. The van der Waals surface area contributed by atoms with Crippen molar-refractivity contribution in [1.82, 2.24) is 4.90 Å². The summed E-state index contributed by atoms with van der Waals surface area (Å²) >= 11 is 1.70. The van der Waals surface area contributed by atoms with Crippen molar-refractivity contribution < 1.29 is 9.18 Å². The van der Waals surface area contributed by atoms with E-state index in [-0.39, 0.29) is 11.7 Å². The van der Waals surface area contributed by atoms with Gasteiger partial charge in [-0.05, 0) is 54.5 Å². The Morgan fingerprint density at radius 3 is 2.46 bits per heavy atom. The van der Waals surface area contributed by atoms with Gasteiger partial charge >= 0.3 is 0 Å². The Balaban J connectivity index is 1.78. The van der Waals surface area contributed by atoms with E-state index in [0.717, 1.165) is 30.4 Å². The van der Waals surface area contributed by atoms with E-state index in [0.29, 0.717) is 6.54 Å². The lowest BCUT2D eigenvalue weighted by atomic mass is 9.63. The molecule has 0 N–H and O–H groups in total. The highest BCUT2D eigenvalue weighted by molar-refractivity contribution is 7.98. The molecule has 1 saturated carbocycles. The minimum Gasteiger partial charge on any atom is -0.341 e. The topological polar surface area (TPSA) is 20.3 Å². The quantitative estimate of drug-likeness (QED) is 0.738. The molecule has 0 heterocycles. The zero-order valence-corrected chi connectivity index (χ0v) is 14.9. The third-order valence-corrected chi connectivity index (χ3v) is 5.66. The largest absolute Gasteiger partial charge is 0.341 e. The number of thioether (sulfide) groups is 1. The van der Waals surface area contributed by atoms with E-state index in [9.17, 15) is 9.18 Å². The first kappa shape index (κ1) is 17.0. The number of likely N-dealkylation sites (N-methyl/N-ethyl adjacent to an activating group) is 1. The van der Waals surface area contributed by atoms with E-state index < -0.39 is 5.41 Å². The summed E-state index contributed by atoms with van der Waals surface area (Å²) < 4.78 is 13.6. The number of carbonyl (C=O) groups is 1. The van der Waals surface area contributed by atoms with Gasteiger partial charge in [0.05, 0.1) is 5.41 Å². The number of hydrogen-bond donors (Lipinski definition) is 0. The number of halogens is 1. The van der Waals surface area contributed by atoms with E-state index >= 15 is 0 Å². The van der Waals surface area contributed by atoms with Crippen LogP contribution in [-0.2, 0) is 16.8 Å². The minimum atomic E-state index is -0.546. The number of carbonyl (C=O) groups excluding carboxylic acids is 1. The fourth-order valence-electron chi connectivity index (χ4n) is 3.38. The predicted octanol–water partition coefficient (Wildman–Crippen LogP) is 4.63. The Morgan fingerprint density at radius 1 is 1.21 bits per heavy atom. The Kier molecular flexibility index (Phi) is 4.95. The smallest absolute Gasteiger partial charge is 0.233 e. The van der Waals surface area contributed by atoms with Crippen LogP contribution in [0.25, 0.3) is 0 Å². The van der Waals surface area contributed by atoms with Gasteiger partial charge in [0.1, 0.15) is 5.82 Å². The lowest BCUT2D eigenvalue weighted by molar-refractivity contribution is -0.140. The molecule has 4 heteroatoms. The summed E-state index contributed by atoms with van der Waals surface area (Å²) in [6, 6.07) is 14.8. The van der Waals surface area contributed by atoms with Gasteiger partial charge in [0.25, 0.3) is 0 Å². The van der Waals surface area contributed by atoms with Gasteiger partial charge in [-0.1, -0.05) is 30.7 Å². The molecule has 3 rings (SSSR count). The van der Waals surface area contributed by atoms with Crippen molar-refractivity contribution in [3.05, 3.63) is 65.5 Å². The van der Waals surface area contributed by atoms with Gasteiger partial charge in [0.2, 0.25) is 5.91 Å². The Hall–Kier alpha value is -1.81. The monoisotopic (exact) mass is 343 g/mol. The van der Waals surface area contributed by atoms with Crippen molar-refractivity contribution in [2.45, 2.75) is 36.1 Å². The van der Waals surface area contributed by atoms with Crippen LogP contribution in [0.4, 0.5) is 4.39 Å². The molecule has 0 bridgehead atoms. The Bertz CT molecular complexity index is 725. The van der Waals surface area contributed by atoms with Crippen molar-refractivity contribution in [1.29, 1.82) is 0 Å². The van der Waals surface area contributed by atoms with Crippen LogP contribution in [0.15, 0.2) is 53.4 Å². The molecule has 0 atom stereocenters. The highest BCUT2D eigenvalue weighted by Gasteiger charge is 2.47. The summed E-state index contributed by atoms with van der Waals surface area (Å²) in [6.45, 7) is 0.574. The molecule has 1 aliphatic rings. The van der Waals surface area contributed by atoms with Gasteiger partial charge in [-0.15, -0.1) is 11.8 Å². The summed E-state index contributed by atoms with van der Waals surface area (Å²) in [7, 11) is 1.84. The lowest BCUT2D eigenvalue weighted by Crippen LogP contribution is -2.49. The van der Waals surface area contributed by atoms with Gasteiger partial charge in [0.15, 0.2) is 0 Å². The van der Waals surface area contributed by atoms with Crippen LogP contribution in [0.2, 0.25) is 0 Å². The molecule has 2 aromatic rings.